The maximum absolute atomic E-state index is 13.4. The Labute approximate surface area is 294 Å². The molecule has 0 spiro atoms. The average molecular weight is 711 g/mol. The largest absolute Gasteiger partial charge is 0.457 e. The van der Waals surface area contributed by atoms with E-state index in [1.54, 1.807) is 93.0 Å². The third-order valence-corrected chi connectivity index (χ3v) is 10.2. The molecule has 5 aromatic rings. The van der Waals surface area contributed by atoms with Crippen LogP contribution >= 0.6 is 0 Å². The number of piperidine rings is 1. The molecule has 2 N–H and O–H groups in total. The number of hydrogen-bond acceptors (Lipinski definition) is 11. The van der Waals surface area contributed by atoms with Gasteiger partial charge in [-0.25, -0.2) is 27.7 Å². The normalized spacial score (nSPS) is 13.6. The van der Waals surface area contributed by atoms with E-state index in [4.69, 9.17) is 4.74 Å². The molecule has 0 unspecified atom stereocenters. The molecule has 264 valence electrons. The number of aromatic nitrogens is 5. The molecule has 14 nitrogen and oxygen atoms in total. The fourth-order valence-electron chi connectivity index (χ4n) is 5.70. The van der Waals surface area contributed by atoms with Gasteiger partial charge in [-0.05, 0) is 76.1 Å². The smallest absolute Gasteiger partial charge is 0.335 e. The third-order valence-electron chi connectivity index (χ3n) is 8.55. The number of anilines is 4. The van der Waals surface area contributed by atoms with Crippen molar-refractivity contribution in [2.45, 2.75) is 44.9 Å². The van der Waals surface area contributed by atoms with Gasteiger partial charge in [0.25, 0.3) is 11.5 Å². The van der Waals surface area contributed by atoms with Gasteiger partial charge >= 0.3 is 5.69 Å². The zero-order valence-corrected chi connectivity index (χ0v) is 29.4. The lowest BCUT2D eigenvalue weighted by Gasteiger charge is -2.31. The zero-order chi connectivity index (χ0) is 36.3. The second-order valence-electron chi connectivity index (χ2n) is 12.6. The van der Waals surface area contributed by atoms with Gasteiger partial charge in [0.05, 0.1) is 10.9 Å². The van der Waals surface area contributed by atoms with E-state index in [-0.39, 0.29) is 16.9 Å². The molecular formula is C36H38N8O6S. The van der Waals surface area contributed by atoms with E-state index in [0.717, 1.165) is 10.1 Å². The summed E-state index contributed by atoms with van der Waals surface area (Å²) in [4.78, 5) is 55.3. The van der Waals surface area contributed by atoms with Crippen molar-refractivity contribution in [3.8, 4) is 17.2 Å². The van der Waals surface area contributed by atoms with E-state index in [0.29, 0.717) is 66.4 Å². The molecule has 0 atom stereocenters. The summed E-state index contributed by atoms with van der Waals surface area (Å²) in [7, 11) is -3.08. The number of ether oxygens (including phenoxy) is 1. The maximum atomic E-state index is 13.4. The minimum atomic E-state index is -3.08. The number of nitrogens with one attached hydrogen (secondary N) is 2. The molecule has 0 aliphatic carbocycles. The van der Waals surface area contributed by atoms with E-state index in [2.05, 4.69) is 25.6 Å². The molecular weight excluding hydrogens is 673 g/mol. The lowest BCUT2D eigenvalue weighted by Crippen LogP contribution is -2.42. The third kappa shape index (κ3) is 7.99. The lowest BCUT2D eigenvalue weighted by molar-refractivity contribution is 0.102. The Balaban J connectivity index is 1.14. The number of amides is 1. The number of carbonyl (C=O) groups excluding carboxylic acids is 1. The summed E-state index contributed by atoms with van der Waals surface area (Å²) < 4.78 is 32.4. The first-order chi connectivity index (χ1) is 24.4. The van der Waals surface area contributed by atoms with Crippen LogP contribution in [0.4, 0.5) is 23.3 Å². The molecule has 1 saturated heterocycles. The number of nitrogens with zero attached hydrogens (tertiary/aromatic N) is 6. The highest BCUT2D eigenvalue weighted by atomic mass is 32.2. The van der Waals surface area contributed by atoms with Gasteiger partial charge in [-0.3, -0.25) is 14.2 Å². The minimum absolute atomic E-state index is 0.174. The molecule has 1 fully saturated rings. The fourth-order valence-corrected chi connectivity index (χ4v) is 6.77. The summed E-state index contributed by atoms with van der Waals surface area (Å²) in [5.74, 6) is 1.90. The molecule has 3 aromatic heterocycles. The topological polar surface area (TPSA) is 170 Å². The second kappa shape index (κ2) is 14.6. The lowest BCUT2D eigenvalue weighted by atomic mass is 10.1. The van der Waals surface area contributed by atoms with Crippen LogP contribution in [0.5, 0.6) is 11.5 Å². The predicted octanol–water partition coefficient (Wildman–Crippen LogP) is 4.88. The highest BCUT2D eigenvalue weighted by Gasteiger charge is 2.28. The summed E-state index contributed by atoms with van der Waals surface area (Å²) in [6.45, 7) is 6.56. The summed E-state index contributed by atoms with van der Waals surface area (Å²) in [5, 5.41) is 5.60. The highest BCUT2D eigenvalue weighted by molar-refractivity contribution is 7.91. The van der Waals surface area contributed by atoms with E-state index >= 15 is 0 Å². The Morgan fingerprint density at radius 3 is 2.33 bits per heavy atom. The maximum Gasteiger partial charge on any atom is 0.335 e. The number of para-hydroxylation sites is 1. The van der Waals surface area contributed by atoms with E-state index in [1.807, 2.05) is 11.8 Å². The number of pyridine rings is 1. The second-order valence-corrected chi connectivity index (χ2v) is 14.9. The summed E-state index contributed by atoms with van der Waals surface area (Å²) in [5.41, 5.74) is 0.153. The van der Waals surface area contributed by atoms with Crippen molar-refractivity contribution in [2.75, 3.05) is 34.9 Å². The minimum Gasteiger partial charge on any atom is -0.457 e. The molecule has 0 saturated carbocycles. The Bertz CT molecular complexity index is 2280. The van der Waals surface area contributed by atoms with Crippen molar-refractivity contribution in [3.63, 3.8) is 0 Å². The van der Waals surface area contributed by atoms with Gasteiger partial charge in [-0.1, -0.05) is 18.2 Å². The van der Waals surface area contributed by atoms with E-state index in [9.17, 15) is 22.8 Å². The molecule has 1 amide bonds. The number of hydrogen-bond donors (Lipinski definition) is 2. The van der Waals surface area contributed by atoms with Crippen LogP contribution in [0.1, 0.15) is 48.7 Å². The quantitative estimate of drug-likeness (QED) is 0.203. The molecule has 0 bridgehead atoms. The zero-order valence-electron chi connectivity index (χ0n) is 28.6. The number of benzene rings is 2. The van der Waals surface area contributed by atoms with Crippen LogP contribution in [-0.4, -0.2) is 63.0 Å². The van der Waals surface area contributed by atoms with Crippen LogP contribution in [0.3, 0.4) is 0 Å². The molecule has 1 aliphatic heterocycles. The van der Waals surface area contributed by atoms with Crippen molar-refractivity contribution >= 4 is 39.0 Å². The Morgan fingerprint density at radius 1 is 0.961 bits per heavy atom. The monoisotopic (exact) mass is 710 g/mol. The van der Waals surface area contributed by atoms with Crippen LogP contribution < -0.4 is 31.5 Å². The van der Waals surface area contributed by atoms with Gasteiger partial charge in [0.2, 0.25) is 5.95 Å². The van der Waals surface area contributed by atoms with E-state index in [1.165, 1.54) is 17.0 Å². The van der Waals surface area contributed by atoms with Gasteiger partial charge in [-0.2, -0.15) is 4.98 Å². The standard InChI is InChI=1S/C36H38N8O6S/c1-23(2)43-22-29(34(46)44(36(43)47)26-8-6-5-7-9-26)33(45)39-25-10-12-27(13-11-25)50-30-20-32(38-21-24(30)3)40-31-14-17-37-35(41-31)42-18-15-28(16-19-42)51(4,48)49/h5-14,17,20-23,28H,15-16,18-19H2,1-4H3,(H,39,45)(H,37,38,40,41). The van der Waals surface area contributed by atoms with Crippen molar-refractivity contribution < 1.29 is 17.9 Å². The SMILES string of the molecule is Cc1cnc(Nc2ccnc(N3CCC(S(C)(=O)=O)CC3)n2)cc1Oc1ccc(NC(=O)c2cn(C(C)C)c(=O)n(-c3ccccc3)c2=O)cc1. The molecule has 15 heteroatoms. The predicted molar refractivity (Wildman–Crippen MR) is 196 cm³/mol. The summed E-state index contributed by atoms with van der Waals surface area (Å²) in [6.07, 6.45) is 6.94. The molecule has 2 aromatic carbocycles. The number of sulfone groups is 1. The molecule has 51 heavy (non-hydrogen) atoms. The van der Waals surface area contributed by atoms with Crippen molar-refractivity contribution in [3.05, 3.63) is 117 Å². The van der Waals surface area contributed by atoms with Gasteiger partial charge < -0.3 is 20.3 Å². The van der Waals surface area contributed by atoms with E-state index < -0.39 is 27.0 Å². The molecule has 4 heterocycles. The van der Waals surface area contributed by atoms with Gasteiger partial charge in [0, 0.05) is 61.3 Å². The first-order valence-electron chi connectivity index (χ1n) is 16.4. The van der Waals surface area contributed by atoms with Crippen molar-refractivity contribution in [1.82, 2.24) is 24.1 Å². The van der Waals surface area contributed by atoms with Gasteiger partial charge in [0.15, 0.2) is 0 Å². The number of rotatable bonds is 10. The Hall–Kier alpha value is -5.83. The van der Waals surface area contributed by atoms with Crippen LogP contribution in [0.15, 0.2) is 94.9 Å². The van der Waals surface area contributed by atoms with Crippen LogP contribution in [0.25, 0.3) is 5.69 Å². The molecule has 1 aliphatic rings. The van der Waals surface area contributed by atoms with Gasteiger partial charge in [-0.15, -0.1) is 0 Å². The first-order valence-corrected chi connectivity index (χ1v) is 18.4. The van der Waals surface area contributed by atoms with Crippen molar-refractivity contribution in [2.24, 2.45) is 0 Å². The fraction of sp³-hybridized carbons (Fsp3) is 0.278. The van der Waals surface area contributed by atoms with Crippen LogP contribution in [0.2, 0.25) is 0 Å². The van der Waals surface area contributed by atoms with Gasteiger partial charge in [0.1, 0.15) is 38.5 Å². The number of carbonyl (C=O) groups is 1. The molecule has 0 radical (unpaired) electrons. The number of aryl methyl sites for hydroxylation is 1. The Kier molecular flexibility index (Phi) is 10.0. The summed E-state index contributed by atoms with van der Waals surface area (Å²) >= 11 is 0. The Morgan fingerprint density at radius 2 is 1.67 bits per heavy atom. The molecule has 6 rings (SSSR count). The van der Waals surface area contributed by atoms with Crippen molar-refractivity contribution in [1.29, 1.82) is 0 Å². The van der Waals surface area contributed by atoms with Crippen LogP contribution in [0, 0.1) is 6.92 Å². The van der Waals surface area contributed by atoms with Crippen LogP contribution in [-0.2, 0) is 9.84 Å². The summed E-state index contributed by atoms with van der Waals surface area (Å²) in [6, 6.07) is 18.3. The highest BCUT2D eigenvalue weighted by Crippen LogP contribution is 2.29. The first kappa shape index (κ1) is 35.0. The average Bonchev–Trinajstić information content (AvgIpc) is 3.11.